The third-order valence-electron chi connectivity index (χ3n) is 6.52. The summed E-state index contributed by atoms with van der Waals surface area (Å²) in [5, 5.41) is 7.43. The molecule has 1 heterocycles. The first kappa shape index (κ1) is 22.8. The number of anilines is 1. The van der Waals surface area contributed by atoms with Crippen LogP contribution in [0.1, 0.15) is 62.2 Å². The lowest BCUT2D eigenvalue weighted by Gasteiger charge is -2.37. The largest absolute Gasteiger partial charge is 0.326 e. The number of hydrogen-bond donors (Lipinski definition) is 2. The number of carbonyl (C=O) groups excluding carboxylic acids is 2. The molecule has 170 valence electrons. The summed E-state index contributed by atoms with van der Waals surface area (Å²) in [7, 11) is 0. The second-order valence-corrected chi connectivity index (χ2v) is 9.63. The van der Waals surface area contributed by atoms with Gasteiger partial charge in [-0.2, -0.15) is 0 Å². The predicted molar refractivity (Wildman–Crippen MR) is 125 cm³/mol. The molecule has 3 amide bonds. The van der Waals surface area contributed by atoms with Crippen molar-refractivity contribution in [2.24, 2.45) is 17.8 Å². The molecule has 1 saturated heterocycles. The van der Waals surface area contributed by atoms with Crippen LogP contribution in [0, 0.1) is 17.8 Å². The van der Waals surface area contributed by atoms with E-state index >= 15 is 0 Å². The first-order valence-corrected chi connectivity index (χ1v) is 11.6. The molecule has 7 heteroatoms. The van der Waals surface area contributed by atoms with Gasteiger partial charge in [-0.1, -0.05) is 63.1 Å². The van der Waals surface area contributed by atoms with Gasteiger partial charge >= 0.3 is 6.03 Å². The third kappa shape index (κ3) is 5.14. The number of carbonyl (C=O) groups is 2. The summed E-state index contributed by atoms with van der Waals surface area (Å²) < 4.78 is 0. The zero-order valence-corrected chi connectivity index (χ0v) is 19.4. The Morgan fingerprint density at radius 1 is 1.09 bits per heavy atom. The fourth-order valence-electron chi connectivity index (χ4n) is 4.70. The Morgan fingerprint density at radius 3 is 2.50 bits per heavy atom. The number of benzene rings is 2. The summed E-state index contributed by atoms with van der Waals surface area (Å²) in [6.45, 7) is 6.92. The topological polar surface area (TPSA) is 73.7 Å². The van der Waals surface area contributed by atoms with Gasteiger partial charge in [-0.15, -0.1) is 5.06 Å². The van der Waals surface area contributed by atoms with E-state index < -0.39 is 11.9 Å². The number of hydroxylamine groups is 2. The quantitative estimate of drug-likeness (QED) is 0.541. The number of amides is 3. The maximum atomic E-state index is 12.2. The van der Waals surface area contributed by atoms with E-state index in [-0.39, 0.29) is 11.8 Å². The van der Waals surface area contributed by atoms with E-state index in [0.29, 0.717) is 28.6 Å². The molecule has 0 aromatic heterocycles. The smallest absolute Gasteiger partial charge is 0.308 e. The summed E-state index contributed by atoms with van der Waals surface area (Å²) in [6, 6.07) is 14.0. The van der Waals surface area contributed by atoms with E-state index in [1.54, 1.807) is 24.3 Å². The maximum Gasteiger partial charge on any atom is 0.326 e. The average molecular weight is 456 g/mol. The van der Waals surface area contributed by atoms with Gasteiger partial charge in [0.25, 0.3) is 5.91 Å². The number of imide groups is 1. The van der Waals surface area contributed by atoms with Crippen LogP contribution in [0.3, 0.4) is 0 Å². The summed E-state index contributed by atoms with van der Waals surface area (Å²) in [6.07, 6.45) is 3.68. The number of hydrogen-bond acceptors (Lipinski definition) is 4. The van der Waals surface area contributed by atoms with Crippen molar-refractivity contribution >= 4 is 29.2 Å². The first-order chi connectivity index (χ1) is 15.3. The Hall–Kier alpha value is -2.41. The van der Waals surface area contributed by atoms with Crippen molar-refractivity contribution in [3.05, 3.63) is 64.7 Å². The van der Waals surface area contributed by atoms with Gasteiger partial charge in [0, 0.05) is 11.7 Å². The minimum Gasteiger partial charge on any atom is -0.308 e. The molecule has 2 aromatic rings. The van der Waals surface area contributed by atoms with Gasteiger partial charge in [0.1, 0.15) is 0 Å². The van der Waals surface area contributed by atoms with Gasteiger partial charge in [-0.25, -0.2) is 4.79 Å². The molecule has 32 heavy (non-hydrogen) atoms. The molecule has 2 aromatic carbocycles. The number of rotatable bonds is 5. The Kier molecular flexibility index (Phi) is 6.84. The normalized spacial score (nSPS) is 27.1. The van der Waals surface area contributed by atoms with Crippen molar-refractivity contribution in [1.29, 1.82) is 0 Å². The standard InChI is InChI=1S/C25H30ClN3O3/c1-15(2)19-13-8-16(3)14-22(19)29-24(32-29)17-9-11-18(12-10-17)27-25(31)28-23(30)20-6-4-5-7-21(20)26/h4-7,9-12,15-16,19,22,24H,8,13-14H2,1-3H3,(H2,27,28,30,31). The summed E-state index contributed by atoms with van der Waals surface area (Å²) in [4.78, 5) is 30.4. The van der Waals surface area contributed by atoms with Gasteiger partial charge in [0.05, 0.1) is 10.6 Å². The van der Waals surface area contributed by atoms with Crippen molar-refractivity contribution < 1.29 is 14.4 Å². The summed E-state index contributed by atoms with van der Waals surface area (Å²) >= 11 is 6.01. The Bertz CT molecular complexity index is 979. The Balaban J connectivity index is 1.33. The minimum absolute atomic E-state index is 0.0313. The van der Waals surface area contributed by atoms with Gasteiger partial charge in [-0.3, -0.25) is 14.9 Å². The zero-order valence-electron chi connectivity index (χ0n) is 18.7. The van der Waals surface area contributed by atoms with Crippen LogP contribution in [0.4, 0.5) is 10.5 Å². The van der Waals surface area contributed by atoms with E-state index in [2.05, 4.69) is 36.5 Å². The second kappa shape index (κ2) is 9.61. The molecule has 5 unspecified atom stereocenters. The molecule has 1 aliphatic heterocycles. The van der Waals surface area contributed by atoms with E-state index in [1.165, 1.54) is 19.3 Å². The molecule has 1 saturated carbocycles. The van der Waals surface area contributed by atoms with Crippen molar-refractivity contribution in [1.82, 2.24) is 10.4 Å². The molecule has 1 aliphatic carbocycles. The third-order valence-corrected chi connectivity index (χ3v) is 6.85. The number of nitrogens with zero attached hydrogens (tertiary/aromatic N) is 1. The van der Waals surface area contributed by atoms with E-state index in [1.807, 2.05) is 24.3 Å². The van der Waals surface area contributed by atoms with Crippen LogP contribution in [0.2, 0.25) is 5.02 Å². The van der Waals surface area contributed by atoms with E-state index in [0.717, 1.165) is 11.5 Å². The van der Waals surface area contributed by atoms with Crippen molar-refractivity contribution in [3.8, 4) is 0 Å². The molecule has 0 spiro atoms. The van der Waals surface area contributed by atoms with Gasteiger partial charge in [0.15, 0.2) is 6.23 Å². The molecule has 4 rings (SSSR count). The number of urea groups is 1. The molecular weight excluding hydrogens is 426 g/mol. The Labute approximate surface area is 194 Å². The molecule has 2 fully saturated rings. The summed E-state index contributed by atoms with van der Waals surface area (Å²) in [5.74, 6) is 1.46. The van der Waals surface area contributed by atoms with Crippen LogP contribution in [-0.4, -0.2) is 23.0 Å². The van der Waals surface area contributed by atoms with Crippen LogP contribution < -0.4 is 10.6 Å². The van der Waals surface area contributed by atoms with Crippen LogP contribution in [0.25, 0.3) is 0 Å². The minimum atomic E-state index is -0.608. The second-order valence-electron chi connectivity index (χ2n) is 9.22. The van der Waals surface area contributed by atoms with E-state index in [9.17, 15) is 9.59 Å². The lowest BCUT2D eigenvalue weighted by molar-refractivity contribution is 0.0435. The van der Waals surface area contributed by atoms with E-state index in [4.69, 9.17) is 16.4 Å². The van der Waals surface area contributed by atoms with Crippen molar-refractivity contribution in [2.75, 3.05) is 5.32 Å². The highest BCUT2D eigenvalue weighted by atomic mass is 35.5. The van der Waals surface area contributed by atoms with Gasteiger partial charge < -0.3 is 5.32 Å². The molecule has 2 aliphatic rings. The molecule has 0 bridgehead atoms. The lowest BCUT2D eigenvalue weighted by Crippen LogP contribution is -2.37. The van der Waals surface area contributed by atoms with Crippen molar-refractivity contribution in [2.45, 2.75) is 52.3 Å². The van der Waals surface area contributed by atoms with Crippen LogP contribution in [-0.2, 0) is 4.84 Å². The Morgan fingerprint density at radius 2 is 1.81 bits per heavy atom. The van der Waals surface area contributed by atoms with Gasteiger partial charge in [0.2, 0.25) is 0 Å². The van der Waals surface area contributed by atoms with Crippen LogP contribution in [0.5, 0.6) is 0 Å². The molecule has 6 nitrogen and oxygen atoms in total. The number of halogens is 1. The highest BCUT2D eigenvalue weighted by Crippen LogP contribution is 2.47. The molecular formula is C25H30ClN3O3. The number of nitrogens with one attached hydrogen (secondary N) is 2. The zero-order chi connectivity index (χ0) is 22.8. The lowest BCUT2D eigenvalue weighted by atomic mass is 9.74. The van der Waals surface area contributed by atoms with Gasteiger partial charge in [-0.05, 0) is 60.4 Å². The molecule has 5 atom stereocenters. The fourth-order valence-corrected chi connectivity index (χ4v) is 4.92. The highest BCUT2D eigenvalue weighted by molar-refractivity contribution is 6.34. The predicted octanol–water partition coefficient (Wildman–Crippen LogP) is 6.01. The highest BCUT2D eigenvalue weighted by Gasteiger charge is 2.48. The SMILES string of the molecule is CC1CCC(C(C)C)C(N2OC2c2ccc(NC(=O)NC(=O)c3ccccc3Cl)cc2)C1. The summed E-state index contributed by atoms with van der Waals surface area (Å²) in [5.41, 5.74) is 1.91. The van der Waals surface area contributed by atoms with Crippen molar-refractivity contribution in [3.63, 3.8) is 0 Å². The van der Waals surface area contributed by atoms with Crippen LogP contribution >= 0.6 is 11.6 Å². The fraction of sp³-hybridized carbons (Fsp3) is 0.440. The monoisotopic (exact) mass is 455 g/mol. The molecule has 0 radical (unpaired) electrons. The van der Waals surface area contributed by atoms with Crippen LogP contribution in [0.15, 0.2) is 48.5 Å². The maximum absolute atomic E-state index is 12.2. The average Bonchev–Trinajstić information content (AvgIpc) is 3.55. The molecule has 2 N–H and O–H groups in total. The first-order valence-electron chi connectivity index (χ1n) is 11.3.